The Morgan fingerprint density at radius 3 is 2.56 bits per heavy atom. The van der Waals surface area contributed by atoms with Gasteiger partial charge < -0.3 is 19.3 Å². The van der Waals surface area contributed by atoms with Gasteiger partial charge in [-0.25, -0.2) is 5.01 Å². The van der Waals surface area contributed by atoms with E-state index in [2.05, 4.69) is 0 Å². The van der Waals surface area contributed by atoms with Gasteiger partial charge >= 0.3 is 0 Å². The Morgan fingerprint density at radius 2 is 1.78 bits per heavy atom. The molecule has 0 radical (unpaired) electrons. The summed E-state index contributed by atoms with van der Waals surface area (Å²) >= 11 is 12.4. The van der Waals surface area contributed by atoms with Gasteiger partial charge in [0.2, 0.25) is 6.23 Å². The quantitative estimate of drug-likeness (QED) is 0.509. The summed E-state index contributed by atoms with van der Waals surface area (Å²) in [5, 5.41) is 18.0. The number of phenolic OH excluding ortho intramolecular Hbond substituents is 1. The molecule has 0 bridgehead atoms. The van der Waals surface area contributed by atoms with E-state index in [1.165, 1.54) is 6.07 Å². The molecule has 2 aliphatic heterocycles. The highest BCUT2D eigenvalue weighted by Gasteiger charge is 2.42. The lowest BCUT2D eigenvalue weighted by Gasteiger charge is -2.38. The number of hydrogen-bond acceptors (Lipinski definition) is 6. The summed E-state index contributed by atoms with van der Waals surface area (Å²) in [5.74, 6) is 1.94. The number of aromatic hydroxyl groups is 1. The highest BCUT2D eigenvalue weighted by molar-refractivity contribution is 6.35. The van der Waals surface area contributed by atoms with Crippen LogP contribution < -0.4 is 14.2 Å². The second-order valence-corrected chi connectivity index (χ2v) is 8.39. The summed E-state index contributed by atoms with van der Waals surface area (Å²) in [7, 11) is 3.21. The first-order chi connectivity index (χ1) is 15.5. The second kappa shape index (κ2) is 8.11. The SMILES string of the molecule is COc1ccc(C2=NN3[C@H](C2)c2ccccc2O[C@H]3c2cc(Cl)cc(Cl)c2O)cc1OC. The normalized spacial score (nSPS) is 19.0. The van der Waals surface area contributed by atoms with E-state index in [-0.39, 0.29) is 16.8 Å². The van der Waals surface area contributed by atoms with E-state index in [1.807, 2.05) is 47.5 Å². The van der Waals surface area contributed by atoms with Gasteiger partial charge in [0.15, 0.2) is 11.5 Å². The zero-order valence-electron chi connectivity index (χ0n) is 17.4. The van der Waals surface area contributed by atoms with Crippen LogP contribution in [-0.4, -0.2) is 30.0 Å². The van der Waals surface area contributed by atoms with Crippen molar-refractivity contribution in [2.45, 2.75) is 18.7 Å². The van der Waals surface area contributed by atoms with E-state index in [9.17, 15) is 5.11 Å². The fourth-order valence-electron chi connectivity index (χ4n) is 4.20. The molecule has 2 heterocycles. The number of rotatable bonds is 4. The number of nitrogens with zero attached hydrogens (tertiary/aromatic N) is 2. The van der Waals surface area contributed by atoms with Crippen molar-refractivity contribution in [1.29, 1.82) is 0 Å². The van der Waals surface area contributed by atoms with Crippen LogP contribution >= 0.6 is 23.2 Å². The van der Waals surface area contributed by atoms with Crippen molar-refractivity contribution in [3.63, 3.8) is 0 Å². The van der Waals surface area contributed by atoms with Gasteiger partial charge in [-0.05, 0) is 36.4 Å². The maximum Gasteiger partial charge on any atom is 0.217 e. The Kier molecular flexibility index (Phi) is 5.27. The average Bonchev–Trinajstić information content (AvgIpc) is 3.26. The van der Waals surface area contributed by atoms with E-state index in [1.54, 1.807) is 20.3 Å². The molecule has 2 aliphatic rings. The number of fused-ring (bicyclic) bond motifs is 3. The molecule has 6 nitrogen and oxygen atoms in total. The largest absolute Gasteiger partial charge is 0.506 e. The molecule has 0 spiro atoms. The van der Waals surface area contributed by atoms with E-state index in [4.69, 9.17) is 42.5 Å². The highest BCUT2D eigenvalue weighted by Crippen LogP contribution is 2.50. The lowest BCUT2D eigenvalue weighted by Crippen LogP contribution is -2.33. The molecule has 0 aromatic heterocycles. The molecule has 32 heavy (non-hydrogen) atoms. The van der Waals surface area contributed by atoms with Gasteiger partial charge in [-0.1, -0.05) is 41.4 Å². The molecular formula is C24H20Cl2N2O4. The van der Waals surface area contributed by atoms with Crippen molar-refractivity contribution in [2.24, 2.45) is 5.10 Å². The molecule has 8 heteroatoms. The lowest BCUT2D eigenvalue weighted by atomic mass is 9.95. The predicted octanol–water partition coefficient (Wildman–Crippen LogP) is 5.96. The predicted molar refractivity (Wildman–Crippen MR) is 123 cm³/mol. The summed E-state index contributed by atoms with van der Waals surface area (Å²) in [4.78, 5) is 0. The van der Waals surface area contributed by atoms with Crippen molar-refractivity contribution >= 4 is 28.9 Å². The molecule has 5 rings (SSSR count). The van der Waals surface area contributed by atoms with Gasteiger partial charge in [0.05, 0.1) is 36.6 Å². The topological polar surface area (TPSA) is 63.5 Å². The number of para-hydroxylation sites is 1. The molecule has 3 aromatic carbocycles. The molecule has 1 N–H and O–H groups in total. The van der Waals surface area contributed by atoms with Crippen LogP contribution in [0.5, 0.6) is 23.0 Å². The van der Waals surface area contributed by atoms with E-state index in [0.717, 1.165) is 22.6 Å². The van der Waals surface area contributed by atoms with E-state index >= 15 is 0 Å². The maximum absolute atomic E-state index is 10.7. The first kappa shape index (κ1) is 20.8. The average molecular weight is 471 g/mol. The van der Waals surface area contributed by atoms with Gasteiger partial charge in [0, 0.05) is 22.6 Å². The minimum atomic E-state index is -0.691. The molecule has 3 aromatic rings. The standard InChI is InChI=1S/C24H20Cl2N2O4/c1-30-21-8-7-13(9-22(21)31-2)18-12-19-15-5-3-4-6-20(15)32-24(28(19)27-18)16-10-14(25)11-17(26)23(16)29/h3-11,19,24,29H,12H2,1-2H3/t19-,24+/m1/s1. The molecule has 0 unspecified atom stereocenters. The van der Waals surface area contributed by atoms with Crippen LogP contribution in [0.15, 0.2) is 59.7 Å². The van der Waals surface area contributed by atoms with Crippen LogP contribution in [0.1, 0.15) is 35.4 Å². The fraction of sp³-hybridized carbons (Fsp3) is 0.208. The molecule has 0 saturated carbocycles. The molecule has 0 amide bonds. The minimum Gasteiger partial charge on any atom is -0.506 e. The fourth-order valence-corrected chi connectivity index (χ4v) is 4.71. The Hall–Kier alpha value is -3.09. The second-order valence-electron chi connectivity index (χ2n) is 7.55. The summed E-state index contributed by atoms with van der Waals surface area (Å²) in [6, 6.07) is 16.6. The van der Waals surface area contributed by atoms with Gasteiger partial charge in [-0.3, -0.25) is 0 Å². The van der Waals surface area contributed by atoms with E-state index < -0.39 is 6.23 Å². The van der Waals surface area contributed by atoms with Gasteiger partial charge in [-0.2, -0.15) is 5.10 Å². The van der Waals surface area contributed by atoms with Crippen LogP contribution in [0.25, 0.3) is 0 Å². The zero-order chi connectivity index (χ0) is 22.4. The third-order valence-corrected chi connectivity index (χ3v) is 6.25. The van der Waals surface area contributed by atoms with E-state index in [0.29, 0.717) is 28.5 Å². The van der Waals surface area contributed by atoms with Gasteiger partial charge in [0.1, 0.15) is 11.5 Å². The van der Waals surface area contributed by atoms with Crippen LogP contribution in [0, 0.1) is 0 Å². The monoisotopic (exact) mass is 470 g/mol. The molecule has 0 fully saturated rings. The summed E-state index contributed by atoms with van der Waals surface area (Å²) in [5.41, 5.74) is 3.27. The zero-order valence-corrected chi connectivity index (χ0v) is 18.9. The summed E-state index contributed by atoms with van der Waals surface area (Å²) in [6.45, 7) is 0. The lowest BCUT2D eigenvalue weighted by molar-refractivity contribution is -0.0203. The third kappa shape index (κ3) is 3.40. The van der Waals surface area contributed by atoms with Gasteiger partial charge in [0.25, 0.3) is 0 Å². The number of halogens is 2. The molecule has 0 aliphatic carbocycles. The van der Waals surface area contributed by atoms with Crippen LogP contribution in [0.4, 0.5) is 0 Å². The number of hydrazone groups is 1. The highest BCUT2D eigenvalue weighted by atomic mass is 35.5. The smallest absolute Gasteiger partial charge is 0.217 e. The number of ether oxygens (including phenoxy) is 3. The maximum atomic E-state index is 10.7. The number of methoxy groups -OCH3 is 2. The van der Waals surface area contributed by atoms with Gasteiger partial charge in [-0.15, -0.1) is 0 Å². The third-order valence-electron chi connectivity index (χ3n) is 5.74. The molecule has 0 saturated heterocycles. The van der Waals surface area contributed by atoms with Crippen molar-refractivity contribution in [1.82, 2.24) is 5.01 Å². The van der Waals surface area contributed by atoms with Crippen LogP contribution in [0.2, 0.25) is 10.0 Å². The number of phenols is 1. The summed E-state index contributed by atoms with van der Waals surface area (Å²) in [6.07, 6.45) is -0.0368. The molecular weight excluding hydrogens is 451 g/mol. The Balaban J connectivity index is 1.61. The van der Waals surface area contributed by atoms with Crippen LogP contribution in [-0.2, 0) is 0 Å². The summed E-state index contributed by atoms with van der Waals surface area (Å²) < 4.78 is 17.1. The number of hydrogen-bond donors (Lipinski definition) is 1. The van der Waals surface area contributed by atoms with Crippen LogP contribution in [0.3, 0.4) is 0 Å². The first-order valence-electron chi connectivity index (χ1n) is 10.0. The minimum absolute atomic E-state index is 0.0750. The molecule has 2 atom stereocenters. The first-order valence-corrected chi connectivity index (χ1v) is 10.8. The molecule has 164 valence electrons. The Morgan fingerprint density at radius 1 is 1.00 bits per heavy atom. The van der Waals surface area contributed by atoms with Crippen molar-refractivity contribution in [3.05, 3.63) is 81.3 Å². The van der Waals surface area contributed by atoms with Crippen molar-refractivity contribution in [3.8, 4) is 23.0 Å². The van der Waals surface area contributed by atoms with Crippen molar-refractivity contribution < 1.29 is 19.3 Å². The Bertz CT molecular complexity index is 1230. The van der Waals surface area contributed by atoms with Crippen molar-refractivity contribution in [2.75, 3.05) is 14.2 Å². The number of benzene rings is 3. The Labute approximate surface area is 195 Å².